The molecule has 0 aromatic heterocycles. The molecule has 5 fully saturated rings. The molecule has 1 aliphatic heterocycles. The summed E-state index contributed by atoms with van der Waals surface area (Å²) in [7, 11) is 4.24. The van der Waals surface area contributed by atoms with E-state index in [2.05, 4.69) is 61.6 Å². The van der Waals surface area contributed by atoms with Gasteiger partial charge in [-0.05, 0) is 111 Å². The highest BCUT2D eigenvalue weighted by molar-refractivity contribution is 5.43. The molecule has 1 aromatic carbocycles. The van der Waals surface area contributed by atoms with E-state index in [-0.39, 0.29) is 5.41 Å². The Balaban J connectivity index is 1.15. The Bertz CT molecular complexity index is 1020. The van der Waals surface area contributed by atoms with Crippen molar-refractivity contribution in [2.24, 2.45) is 34.0 Å². The highest BCUT2D eigenvalue weighted by atomic mass is 16.5. The summed E-state index contributed by atoms with van der Waals surface area (Å²) in [6.07, 6.45) is 12.4. The fraction of sp³-hybridized carbons (Fsp3) is 0.733. The first-order valence-corrected chi connectivity index (χ1v) is 13.8. The highest BCUT2D eigenvalue weighted by Gasteiger charge is 2.82. The maximum atomic E-state index is 12.4. The van der Waals surface area contributed by atoms with Crippen molar-refractivity contribution in [1.29, 1.82) is 0 Å². The first-order chi connectivity index (χ1) is 16.3. The van der Waals surface area contributed by atoms with Gasteiger partial charge < -0.3 is 20.1 Å². The van der Waals surface area contributed by atoms with Crippen molar-refractivity contribution in [2.45, 2.75) is 69.9 Å². The third-order valence-electron chi connectivity index (χ3n) is 11.7. The lowest BCUT2D eigenvalue weighted by Gasteiger charge is -2.65. The maximum Gasteiger partial charge on any atom is 0.119 e. The summed E-state index contributed by atoms with van der Waals surface area (Å²) in [6, 6.07) is 8.98. The molecule has 2 spiro atoms. The molecule has 184 valence electrons. The monoisotopic (exact) mass is 462 g/mol. The van der Waals surface area contributed by atoms with Gasteiger partial charge in [-0.2, -0.15) is 0 Å². The van der Waals surface area contributed by atoms with Crippen LogP contribution in [0.4, 0.5) is 0 Å². The summed E-state index contributed by atoms with van der Waals surface area (Å²) in [5.74, 6) is 2.89. The van der Waals surface area contributed by atoms with Gasteiger partial charge in [0.15, 0.2) is 0 Å². The van der Waals surface area contributed by atoms with Gasteiger partial charge in [0.05, 0.1) is 5.60 Å². The molecule has 8 atom stereocenters. The third-order valence-corrected chi connectivity index (χ3v) is 11.7. The van der Waals surface area contributed by atoms with Gasteiger partial charge >= 0.3 is 0 Å². The van der Waals surface area contributed by atoms with Crippen LogP contribution in [0.5, 0.6) is 5.75 Å². The van der Waals surface area contributed by atoms with Gasteiger partial charge in [0.25, 0.3) is 0 Å². The lowest BCUT2D eigenvalue weighted by atomic mass is 9.41. The normalized spacial score (nSPS) is 47.6. The molecular formula is C30H42N2O2. The Morgan fingerprint density at radius 1 is 1.12 bits per heavy atom. The van der Waals surface area contributed by atoms with Gasteiger partial charge in [-0.3, -0.25) is 0 Å². The highest BCUT2D eigenvalue weighted by Crippen LogP contribution is 2.81. The minimum absolute atomic E-state index is 0.0345. The molecular weight excluding hydrogens is 420 g/mol. The number of aliphatic hydroxyl groups is 1. The van der Waals surface area contributed by atoms with Crippen LogP contribution in [0.2, 0.25) is 0 Å². The van der Waals surface area contributed by atoms with Crippen LogP contribution in [-0.2, 0) is 6.42 Å². The summed E-state index contributed by atoms with van der Waals surface area (Å²) < 4.78 is 6.34. The van der Waals surface area contributed by atoms with Crippen molar-refractivity contribution in [2.75, 3.05) is 33.8 Å². The molecule has 2 N–H and O–H groups in total. The quantitative estimate of drug-likeness (QED) is 0.614. The van der Waals surface area contributed by atoms with Gasteiger partial charge in [0.2, 0.25) is 0 Å². The molecule has 0 radical (unpaired) electrons. The number of likely N-dealkylation sites (N-methyl/N-ethyl adjacent to an activating group) is 1. The lowest BCUT2D eigenvalue weighted by molar-refractivity contribution is -0.143. The van der Waals surface area contributed by atoms with Crippen LogP contribution in [0, 0.1) is 34.0 Å². The first kappa shape index (κ1) is 21.9. The van der Waals surface area contributed by atoms with Crippen molar-refractivity contribution in [3.05, 3.63) is 41.5 Å². The van der Waals surface area contributed by atoms with Gasteiger partial charge in [-0.1, -0.05) is 31.6 Å². The zero-order chi connectivity index (χ0) is 23.3. The van der Waals surface area contributed by atoms with Crippen LogP contribution < -0.4 is 10.1 Å². The largest absolute Gasteiger partial charge is 0.489 e. The minimum atomic E-state index is -0.564. The van der Waals surface area contributed by atoms with Gasteiger partial charge in [-0.15, -0.1) is 0 Å². The number of nitrogens with zero attached hydrogens (tertiary/aromatic N) is 1. The second-order valence-corrected chi connectivity index (χ2v) is 13.4. The van der Waals surface area contributed by atoms with E-state index in [4.69, 9.17) is 4.74 Å². The van der Waals surface area contributed by atoms with Crippen LogP contribution in [-0.4, -0.2) is 55.4 Å². The molecule has 6 aliphatic carbocycles. The minimum Gasteiger partial charge on any atom is -0.489 e. The number of nitrogens with one attached hydrogen (secondary N) is 1. The zero-order valence-corrected chi connectivity index (χ0v) is 21.3. The Morgan fingerprint density at radius 3 is 2.74 bits per heavy atom. The Hall–Kier alpha value is -1.36. The van der Waals surface area contributed by atoms with Gasteiger partial charge in [0, 0.05) is 24.5 Å². The topological polar surface area (TPSA) is 44.7 Å². The van der Waals surface area contributed by atoms with Crippen LogP contribution in [0.1, 0.15) is 57.4 Å². The molecule has 34 heavy (non-hydrogen) atoms. The molecule has 0 amide bonds. The van der Waals surface area contributed by atoms with Crippen molar-refractivity contribution >= 4 is 0 Å². The van der Waals surface area contributed by atoms with E-state index in [0.29, 0.717) is 35.3 Å². The van der Waals surface area contributed by atoms with E-state index in [1.54, 1.807) is 0 Å². The molecule has 8 rings (SSSR count). The average molecular weight is 463 g/mol. The number of piperidine rings is 1. The van der Waals surface area contributed by atoms with Crippen LogP contribution in [0.3, 0.4) is 0 Å². The number of rotatable bonds is 6. The van der Waals surface area contributed by atoms with E-state index >= 15 is 0 Å². The Kier molecular flexibility index (Phi) is 4.58. The van der Waals surface area contributed by atoms with Crippen LogP contribution in [0.25, 0.3) is 0 Å². The summed E-state index contributed by atoms with van der Waals surface area (Å²) >= 11 is 0. The lowest BCUT2D eigenvalue weighted by Crippen LogP contribution is -2.67. The molecule has 4 heteroatoms. The summed E-state index contributed by atoms with van der Waals surface area (Å²) in [5, 5.41) is 16.4. The standard InChI is InChI=1S/C30H42N2O2/c1-27-11-4-12-29-24(27)9-13-28-16-22(18-34-23-7-5-20(6-8-23)10-14-32(2)3)21(15-25(28)29)17-30(28,33)26(29)31-19-27/h5-8,16,21,24-26,31,33H,4,9-15,17-19H2,1-3H3/t21-,24-,25?,26?,27+,28+,29?,30+/m1/s1. The van der Waals surface area contributed by atoms with Crippen molar-refractivity contribution in [3.63, 3.8) is 0 Å². The fourth-order valence-corrected chi connectivity index (χ4v) is 10.5. The molecule has 6 bridgehead atoms. The zero-order valence-electron chi connectivity index (χ0n) is 21.3. The van der Waals surface area contributed by atoms with E-state index in [1.807, 2.05) is 0 Å². The smallest absolute Gasteiger partial charge is 0.119 e. The fourth-order valence-electron chi connectivity index (χ4n) is 10.5. The number of ether oxygens (including phenoxy) is 1. The third kappa shape index (κ3) is 2.61. The number of hydrogen-bond acceptors (Lipinski definition) is 4. The van der Waals surface area contributed by atoms with Gasteiger partial charge in [-0.25, -0.2) is 0 Å². The SMILES string of the molecule is CN(C)CCc1ccc(OCC2=C[C@]34CC[C@H]5C67CCC[C@@]5(C)CNC6[C@@]3(O)C[C@H]2CC74)cc1. The molecule has 7 aliphatic rings. The molecule has 4 saturated carbocycles. The van der Waals surface area contributed by atoms with Crippen LogP contribution in [0.15, 0.2) is 35.9 Å². The predicted molar refractivity (Wildman–Crippen MR) is 135 cm³/mol. The van der Waals surface area contributed by atoms with Gasteiger partial charge in [0.1, 0.15) is 12.4 Å². The number of benzene rings is 1. The second kappa shape index (κ2) is 7.11. The summed E-state index contributed by atoms with van der Waals surface area (Å²) in [6.45, 7) is 5.39. The maximum absolute atomic E-state index is 12.4. The van der Waals surface area contributed by atoms with E-state index < -0.39 is 5.60 Å². The van der Waals surface area contributed by atoms with E-state index in [9.17, 15) is 5.11 Å². The first-order valence-electron chi connectivity index (χ1n) is 13.8. The molecule has 1 saturated heterocycles. The predicted octanol–water partition coefficient (Wildman–Crippen LogP) is 4.43. The molecule has 1 heterocycles. The Labute approximate surface area is 205 Å². The van der Waals surface area contributed by atoms with Crippen LogP contribution >= 0.6 is 0 Å². The number of hydrogen-bond donors (Lipinski definition) is 2. The van der Waals surface area contributed by atoms with Crippen molar-refractivity contribution in [3.8, 4) is 5.75 Å². The van der Waals surface area contributed by atoms with Crippen molar-refractivity contribution < 1.29 is 9.84 Å². The Morgan fingerprint density at radius 2 is 1.94 bits per heavy atom. The average Bonchev–Trinajstić information content (AvgIpc) is 2.87. The van der Waals surface area contributed by atoms with E-state index in [0.717, 1.165) is 37.6 Å². The molecule has 1 aromatic rings. The molecule has 4 nitrogen and oxygen atoms in total. The molecule has 3 unspecified atom stereocenters. The van der Waals surface area contributed by atoms with Crippen molar-refractivity contribution in [1.82, 2.24) is 10.2 Å². The van der Waals surface area contributed by atoms with E-state index in [1.165, 1.54) is 49.7 Å². The summed E-state index contributed by atoms with van der Waals surface area (Å²) in [5.41, 5.74) is 2.97. The summed E-state index contributed by atoms with van der Waals surface area (Å²) in [4.78, 5) is 2.22. The second-order valence-electron chi connectivity index (χ2n) is 13.4.